The van der Waals surface area contributed by atoms with E-state index < -0.39 is 17.8 Å². The zero-order valence-corrected chi connectivity index (χ0v) is 23.8. The summed E-state index contributed by atoms with van der Waals surface area (Å²) in [6.07, 6.45) is -2.98. The van der Waals surface area contributed by atoms with Crippen LogP contribution >= 0.6 is 11.8 Å². The Morgan fingerprint density at radius 2 is 1.79 bits per heavy atom. The molecule has 0 unspecified atom stereocenters. The smallest absolute Gasteiger partial charge is 0.332 e. The number of carbonyl (C=O) groups excluding carboxylic acids is 2. The average molecular weight is 593 g/mol. The first-order chi connectivity index (χ1) is 20.0. The Kier molecular flexibility index (Phi) is 8.17. The van der Waals surface area contributed by atoms with E-state index in [1.807, 2.05) is 37.3 Å². The second kappa shape index (κ2) is 11.8. The summed E-state index contributed by atoms with van der Waals surface area (Å²) in [5, 5.41) is 7.47. The fraction of sp³-hybridized carbons (Fsp3) is 0.233. The van der Waals surface area contributed by atoms with Crippen LogP contribution in [0, 0.1) is 6.92 Å². The van der Waals surface area contributed by atoms with E-state index in [9.17, 15) is 22.8 Å². The van der Waals surface area contributed by atoms with Crippen molar-refractivity contribution in [2.45, 2.75) is 39.4 Å². The largest absolute Gasteiger partial charge is 0.416 e. The van der Waals surface area contributed by atoms with Crippen LogP contribution in [0.4, 0.5) is 23.7 Å². The predicted octanol–water partition coefficient (Wildman–Crippen LogP) is 6.73. The van der Waals surface area contributed by atoms with Crippen molar-refractivity contribution in [3.63, 3.8) is 0 Å². The Balaban J connectivity index is 1.23. The van der Waals surface area contributed by atoms with E-state index in [-0.39, 0.29) is 24.1 Å². The maximum Gasteiger partial charge on any atom is 0.416 e. The number of anilines is 1. The Morgan fingerprint density at radius 3 is 2.45 bits per heavy atom. The summed E-state index contributed by atoms with van der Waals surface area (Å²) in [5.74, 6) is 0.672. The summed E-state index contributed by atoms with van der Waals surface area (Å²) >= 11 is 1.23. The van der Waals surface area contributed by atoms with Crippen LogP contribution in [0.1, 0.15) is 42.0 Å². The van der Waals surface area contributed by atoms with Gasteiger partial charge in [-0.25, -0.2) is 14.5 Å². The molecule has 5 rings (SSSR count). The molecule has 0 saturated carbocycles. The molecule has 0 radical (unpaired) electrons. The SMILES string of the molecule is Cc1ccc(N2C(=O)CS/C2=N\C(=O)NCc2ccc(-c3ncn(-c4ccc(C(F)(F)F)cc4)n3)cc2)c(C(C)C)c1. The Labute approximate surface area is 244 Å². The number of rotatable bonds is 6. The van der Waals surface area contributed by atoms with Gasteiger partial charge in [0.2, 0.25) is 5.91 Å². The molecule has 0 bridgehead atoms. The maximum atomic E-state index is 12.8. The third-order valence-electron chi connectivity index (χ3n) is 6.62. The Bertz CT molecular complexity index is 1650. The third-order valence-corrected chi connectivity index (χ3v) is 7.54. The molecule has 0 aliphatic carbocycles. The van der Waals surface area contributed by atoms with Gasteiger partial charge in [0.25, 0.3) is 0 Å². The lowest BCUT2D eigenvalue weighted by molar-refractivity contribution is -0.137. The van der Waals surface area contributed by atoms with Gasteiger partial charge >= 0.3 is 12.2 Å². The minimum absolute atomic E-state index is 0.123. The normalized spacial score (nSPS) is 14.7. The monoisotopic (exact) mass is 592 g/mol. The van der Waals surface area contributed by atoms with E-state index in [2.05, 4.69) is 34.2 Å². The lowest BCUT2D eigenvalue weighted by atomic mass is 9.98. The van der Waals surface area contributed by atoms with Gasteiger partial charge in [-0.05, 0) is 54.3 Å². The molecule has 12 heteroatoms. The van der Waals surface area contributed by atoms with Crippen molar-refractivity contribution >= 4 is 34.6 Å². The summed E-state index contributed by atoms with van der Waals surface area (Å²) in [4.78, 5) is 35.4. The number of aliphatic imine (C=N–C) groups is 1. The fourth-order valence-corrected chi connectivity index (χ4v) is 5.28. The van der Waals surface area contributed by atoms with Crippen LogP contribution in [-0.2, 0) is 17.5 Å². The van der Waals surface area contributed by atoms with Crippen LogP contribution in [0.25, 0.3) is 17.1 Å². The highest BCUT2D eigenvalue weighted by atomic mass is 32.2. The highest BCUT2D eigenvalue weighted by molar-refractivity contribution is 8.15. The van der Waals surface area contributed by atoms with E-state index in [1.54, 1.807) is 12.1 Å². The number of aromatic nitrogens is 3. The van der Waals surface area contributed by atoms with Crippen molar-refractivity contribution in [3.8, 4) is 17.1 Å². The Hall–Kier alpha value is -4.45. The molecule has 1 fully saturated rings. The summed E-state index contributed by atoms with van der Waals surface area (Å²) in [7, 11) is 0. The van der Waals surface area contributed by atoms with Crippen molar-refractivity contribution < 1.29 is 22.8 Å². The summed E-state index contributed by atoms with van der Waals surface area (Å²) in [6.45, 7) is 6.32. The van der Waals surface area contributed by atoms with Crippen molar-refractivity contribution in [2.24, 2.45) is 4.99 Å². The van der Waals surface area contributed by atoms with E-state index in [0.29, 0.717) is 22.2 Å². The lowest BCUT2D eigenvalue weighted by Gasteiger charge is -2.22. The molecule has 3 aromatic carbocycles. The van der Waals surface area contributed by atoms with Gasteiger partial charge in [0.15, 0.2) is 11.0 Å². The van der Waals surface area contributed by atoms with Gasteiger partial charge in [-0.2, -0.15) is 18.2 Å². The average Bonchev–Trinajstić information content (AvgIpc) is 3.59. The first kappa shape index (κ1) is 29.1. The molecule has 0 spiro atoms. The number of aryl methyl sites for hydroxylation is 1. The molecule has 2 heterocycles. The number of hydrogen-bond acceptors (Lipinski definition) is 5. The molecule has 8 nitrogen and oxygen atoms in total. The molecule has 216 valence electrons. The van der Waals surface area contributed by atoms with Crippen LogP contribution < -0.4 is 10.2 Å². The van der Waals surface area contributed by atoms with Gasteiger partial charge in [-0.3, -0.25) is 9.69 Å². The first-order valence-electron chi connectivity index (χ1n) is 13.1. The molecule has 1 aliphatic rings. The lowest BCUT2D eigenvalue weighted by Crippen LogP contribution is -2.32. The Morgan fingerprint density at radius 1 is 1.07 bits per heavy atom. The minimum Gasteiger partial charge on any atom is -0.332 e. The molecule has 3 amide bonds. The number of thioether (sulfide) groups is 1. The third kappa shape index (κ3) is 6.38. The van der Waals surface area contributed by atoms with Gasteiger partial charge in [0.05, 0.1) is 22.7 Å². The predicted molar refractivity (Wildman–Crippen MR) is 157 cm³/mol. The van der Waals surface area contributed by atoms with Gasteiger partial charge in [0.1, 0.15) is 6.33 Å². The van der Waals surface area contributed by atoms with Gasteiger partial charge < -0.3 is 5.32 Å². The second-order valence-corrected chi connectivity index (χ2v) is 11.0. The maximum absolute atomic E-state index is 12.8. The summed E-state index contributed by atoms with van der Waals surface area (Å²) in [6, 6.07) is 17.2. The van der Waals surface area contributed by atoms with E-state index in [4.69, 9.17) is 0 Å². The number of carbonyl (C=O) groups is 2. The van der Waals surface area contributed by atoms with Crippen LogP contribution in [0.15, 0.2) is 78.0 Å². The highest BCUT2D eigenvalue weighted by Crippen LogP contribution is 2.34. The van der Waals surface area contributed by atoms with Crippen molar-refractivity contribution in [3.05, 3.63) is 95.3 Å². The van der Waals surface area contributed by atoms with Crippen LogP contribution in [0.3, 0.4) is 0 Å². The summed E-state index contributed by atoms with van der Waals surface area (Å²) in [5.41, 5.74) is 4.06. The number of amides is 3. The highest BCUT2D eigenvalue weighted by Gasteiger charge is 2.32. The van der Waals surface area contributed by atoms with E-state index in [1.165, 1.54) is 39.8 Å². The number of hydrogen-bond donors (Lipinski definition) is 1. The molecule has 1 aromatic heterocycles. The molecule has 4 aromatic rings. The van der Waals surface area contributed by atoms with Crippen LogP contribution in [0.5, 0.6) is 0 Å². The fourth-order valence-electron chi connectivity index (χ4n) is 4.42. The van der Waals surface area contributed by atoms with E-state index in [0.717, 1.165) is 34.5 Å². The number of urea groups is 1. The van der Waals surface area contributed by atoms with Crippen molar-refractivity contribution in [1.82, 2.24) is 20.1 Å². The molecular weight excluding hydrogens is 565 g/mol. The first-order valence-corrected chi connectivity index (χ1v) is 14.1. The number of halogens is 3. The van der Waals surface area contributed by atoms with Gasteiger partial charge in [-0.15, -0.1) is 5.10 Å². The van der Waals surface area contributed by atoms with E-state index >= 15 is 0 Å². The van der Waals surface area contributed by atoms with Gasteiger partial charge in [-0.1, -0.05) is 67.6 Å². The summed E-state index contributed by atoms with van der Waals surface area (Å²) < 4.78 is 39.9. The molecule has 42 heavy (non-hydrogen) atoms. The molecular formula is C30H27F3N6O2S. The number of nitrogens with zero attached hydrogens (tertiary/aromatic N) is 5. The zero-order valence-electron chi connectivity index (χ0n) is 23.0. The number of alkyl halides is 3. The topological polar surface area (TPSA) is 92.5 Å². The number of amidine groups is 1. The molecule has 0 atom stereocenters. The minimum atomic E-state index is -4.41. The van der Waals surface area contributed by atoms with Crippen LogP contribution in [0.2, 0.25) is 0 Å². The second-order valence-electron chi connectivity index (χ2n) is 10.0. The van der Waals surface area contributed by atoms with Gasteiger partial charge in [0, 0.05) is 12.1 Å². The molecule has 1 saturated heterocycles. The number of nitrogens with one attached hydrogen (secondary N) is 1. The van der Waals surface area contributed by atoms with Crippen molar-refractivity contribution in [1.29, 1.82) is 0 Å². The molecule has 1 aliphatic heterocycles. The standard InChI is InChI=1S/C30H27F3N6O2S/c1-18(2)24-14-19(3)4-13-25(24)39-26(40)16-42-29(39)36-28(41)34-15-20-5-7-21(8-6-20)27-35-17-38(37-27)23-11-9-22(10-12-23)30(31,32)33/h4-14,17-18H,15-16H2,1-3H3,(H,34,41)/b36-29-. The zero-order chi connectivity index (χ0) is 30.0. The van der Waals surface area contributed by atoms with Crippen LogP contribution in [-0.4, -0.2) is 37.6 Å². The van der Waals surface area contributed by atoms with Crippen molar-refractivity contribution in [2.75, 3.05) is 10.7 Å². The quantitative estimate of drug-likeness (QED) is 0.268. The molecule has 1 N–H and O–H groups in total. The number of benzene rings is 3.